The lowest BCUT2D eigenvalue weighted by Crippen LogP contribution is -2.64. The fraction of sp³-hybridized carbons (Fsp3) is 0.800. The van der Waals surface area contributed by atoms with Crippen LogP contribution in [0.5, 0.6) is 0 Å². The number of amides is 4. The third-order valence-electron chi connectivity index (χ3n) is 7.36. The number of carbonyl (C=O) groups is 5. The molecule has 10 heteroatoms. The van der Waals surface area contributed by atoms with Gasteiger partial charge in [-0.15, -0.1) is 0 Å². The molecule has 35 heavy (non-hydrogen) atoms. The van der Waals surface area contributed by atoms with E-state index in [1.54, 1.807) is 4.90 Å². The van der Waals surface area contributed by atoms with E-state index in [4.69, 9.17) is 4.74 Å². The average molecular weight is 493 g/mol. The molecule has 3 rings (SSSR count). The van der Waals surface area contributed by atoms with Crippen LogP contribution in [0.4, 0.5) is 4.79 Å². The summed E-state index contributed by atoms with van der Waals surface area (Å²) in [6, 6.07) is -1.46. The molecule has 0 spiro atoms. The smallest absolute Gasteiger partial charge is 0.318 e. The van der Waals surface area contributed by atoms with Gasteiger partial charge < -0.3 is 25.6 Å². The zero-order valence-electron chi connectivity index (χ0n) is 20.9. The zero-order chi connectivity index (χ0) is 25.3. The van der Waals surface area contributed by atoms with Crippen molar-refractivity contribution < 1.29 is 28.7 Å². The van der Waals surface area contributed by atoms with Gasteiger partial charge in [-0.25, -0.2) is 4.79 Å². The first kappa shape index (κ1) is 27.1. The van der Waals surface area contributed by atoms with E-state index >= 15 is 0 Å². The lowest BCUT2D eigenvalue weighted by molar-refractivity contribution is -0.141. The van der Waals surface area contributed by atoms with Crippen molar-refractivity contribution in [3.63, 3.8) is 0 Å². The van der Waals surface area contributed by atoms with E-state index in [9.17, 15) is 24.0 Å². The molecule has 1 atom stereocenters. The first-order chi connectivity index (χ1) is 16.8. The average Bonchev–Trinajstić information content (AvgIpc) is 2.88. The molecule has 2 aliphatic carbocycles. The minimum Gasteiger partial charge on any atom is -0.378 e. The Balaban J connectivity index is 1.67. The van der Waals surface area contributed by atoms with Gasteiger partial charge in [0.2, 0.25) is 11.7 Å². The Hall–Kier alpha value is -2.49. The van der Waals surface area contributed by atoms with Crippen molar-refractivity contribution in [3.05, 3.63) is 0 Å². The van der Waals surface area contributed by atoms with E-state index in [1.165, 1.54) is 0 Å². The Kier molecular flexibility index (Phi) is 10.1. The van der Waals surface area contributed by atoms with E-state index < -0.39 is 29.2 Å². The summed E-state index contributed by atoms with van der Waals surface area (Å²) in [6.45, 7) is 3.84. The van der Waals surface area contributed by atoms with Crippen LogP contribution in [0, 0.1) is 0 Å². The molecule has 3 aliphatic rings. The first-order valence-electron chi connectivity index (χ1n) is 13.2. The lowest BCUT2D eigenvalue weighted by Gasteiger charge is -2.39. The Morgan fingerprint density at radius 3 is 2.34 bits per heavy atom. The minimum absolute atomic E-state index is 0.173. The quantitative estimate of drug-likeness (QED) is 0.419. The molecule has 2 saturated carbocycles. The maximum absolute atomic E-state index is 13.6. The van der Waals surface area contributed by atoms with Crippen molar-refractivity contribution >= 4 is 29.4 Å². The van der Waals surface area contributed by atoms with Crippen LogP contribution in [0.15, 0.2) is 0 Å². The Bertz CT molecular complexity index is 779. The molecule has 196 valence electrons. The Labute approximate surface area is 207 Å². The molecular formula is C25H40N4O6. The van der Waals surface area contributed by atoms with Gasteiger partial charge in [0.05, 0.1) is 19.3 Å². The molecule has 4 amide bonds. The molecular weight excluding hydrogens is 452 g/mol. The van der Waals surface area contributed by atoms with Crippen LogP contribution in [-0.4, -0.2) is 78.2 Å². The van der Waals surface area contributed by atoms with E-state index in [0.717, 1.165) is 25.7 Å². The molecule has 1 saturated heterocycles. The normalized spacial score (nSPS) is 21.6. The highest BCUT2D eigenvalue weighted by Crippen LogP contribution is 2.29. The van der Waals surface area contributed by atoms with E-state index in [1.807, 2.05) is 6.92 Å². The van der Waals surface area contributed by atoms with Crippen molar-refractivity contribution in [2.45, 2.75) is 102 Å². The van der Waals surface area contributed by atoms with Crippen molar-refractivity contribution in [3.8, 4) is 0 Å². The van der Waals surface area contributed by atoms with Gasteiger partial charge in [-0.05, 0) is 32.1 Å². The highest BCUT2D eigenvalue weighted by atomic mass is 16.5. The Morgan fingerprint density at radius 2 is 1.71 bits per heavy atom. The number of carbonyl (C=O) groups excluding carboxylic acids is 5. The number of unbranched alkanes of at least 4 members (excludes halogenated alkanes) is 1. The van der Waals surface area contributed by atoms with Gasteiger partial charge in [-0.2, -0.15) is 0 Å². The summed E-state index contributed by atoms with van der Waals surface area (Å²) >= 11 is 0. The number of morpholine rings is 1. The van der Waals surface area contributed by atoms with Crippen LogP contribution in [-0.2, 0) is 23.9 Å². The third-order valence-corrected chi connectivity index (χ3v) is 7.36. The van der Waals surface area contributed by atoms with Crippen LogP contribution in [0.1, 0.15) is 84.0 Å². The zero-order valence-corrected chi connectivity index (χ0v) is 20.9. The van der Waals surface area contributed by atoms with Crippen molar-refractivity contribution in [2.24, 2.45) is 0 Å². The van der Waals surface area contributed by atoms with Crippen molar-refractivity contribution in [2.75, 3.05) is 26.3 Å². The number of urea groups is 1. The number of ether oxygens (including phenoxy) is 1. The predicted octanol–water partition coefficient (Wildman–Crippen LogP) is 1.60. The van der Waals surface area contributed by atoms with E-state index in [0.29, 0.717) is 77.7 Å². The largest absolute Gasteiger partial charge is 0.378 e. The molecule has 3 fully saturated rings. The molecule has 0 radical (unpaired) electrons. The maximum Gasteiger partial charge on any atom is 0.318 e. The second-order valence-corrected chi connectivity index (χ2v) is 9.99. The minimum atomic E-state index is -1.10. The summed E-state index contributed by atoms with van der Waals surface area (Å²) < 4.78 is 5.32. The van der Waals surface area contributed by atoms with Gasteiger partial charge in [0.25, 0.3) is 5.91 Å². The van der Waals surface area contributed by atoms with Crippen molar-refractivity contribution in [1.82, 2.24) is 20.9 Å². The van der Waals surface area contributed by atoms with Crippen LogP contribution in [0.25, 0.3) is 0 Å². The lowest BCUT2D eigenvalue weighted by atomic mass is 9.80. The number of Topliss-reactive ketones (excluding diaryl/α,β-unsaturated/α-hetero) is 2. The molecule has 0 bridgehead atoms. The van der Waals surface area contributed by atoms with Crippen LogP contribution in [0.3, 0.4) is 0 Å². The highest BCUT2D eigenvalue weighted by molar-refractivity contribution is 6.38. The fourth-order valence-corrected chi connectivity index (χ4v) is 5.09. The maximum atomic E-state index is 13.6. The molecule has 1 aliphatic heterocycles. The second-order valence-electron chi connectivity index (χ2n) is 9.99. The summed E-state index contributed by atoms with van der Waals surface area (Å²) in [5.41, 5.74) is -1.10. The Morgan fingerprint density at radius 1 is 1.06 bits per heavy atom. The summed E-state index contributed by atoms with van der Waals surface area (Å²) in [5.74, 6) is -1.62. The SMILES string of the molecule is CCCCC(NC(=O)C1(NC(=O)N2CCOCC2)CCCCC1)C(=O)C(=O)NC1CCC(=O)CC1. The highest BCUT2D eigenvalue weighted by Gasteiger charge is 2.43. The van der Waals surface area contributed by atoms with Gasteiger partial charge in [0.15, 0.2) is 0 Å². The summed E-state index contributed by atoms with van der Waals surface area (Å²) in [6.07, 6.45) is 7.26. The van der Waals surface area contributed by atoms with Gasteiger partial charge >= 0.3 is 6.03 Å². The topological polar surface area (TPSA) is 134 Å². The number of hydrogen-bond acceptors (Lipinski definition) is 6. The standard InChI is InChI=1S/C25H40N4O6/c1-2-3-7-20(21(31)22(32)26-18-8-10-19(30)11-9-18)27-23(33)25(12-5-4-6-13-25)28-24(34)29-14-16-35-17-15-29/h18,20H,2-17H2,1H3,(H,26,32)(H,27,33)(H,28,34). The van der Waals surface area contributed by atoms with Gasteiger partial charge in [-0.3, -0.25) is 19.2 Å². The molecule has 10 nitrogen and oxygen atoms in total. The first-order valence-corrected chi connectivity index (χ1v) is 13.2. The number of ketones is 2. The monoisotopic (exact) mass is 492 g/mol. The molecule has 1 heterocycles. The van der Waals surface area contributed by atoms with Crippen LogP contribution < -0.4 is 16.0 Å². The third kappa shape index (κ3) is 7.49. The molecule has 0 aromatic heterocycles. The van der Waals surface area contributed by atoms with Gasteiger partial charge in [0.1, 0.15) is 11.3 Å². The molecule has 0 aromatic rings. The van der Waals surface area contributed by atoms with E-state index in [2.05, 4.69) is 16.0 Å². The van der Waals surface area contributed by atoms with E-state index in [-0.39, 0.29) is 17.9 Å². The van der Waals surface area contributed by atoms with Gasteiger partial charge in [0, 0.05) is 32.0 Å². The molecule has 3 N–H and O–H groups in total. The molecule has 1 unspecified atom stereocenters. The number of rotatable bonds is 9. The summed E-state index contributed by atoms with van der Waals surface area (Å²) in [4.78, 5) is 65.4. The summed E-state index contributed by atoms with van der Waals surface area (Å²) in [5, 5.41) is 8.56. The number of nitrogens with zero attached hydrogens (tertiary/aromatic N) is 1. The fourth-order valence-electron chi connectivity index (χ4n) is 5.09. The number of nitrogens with one attached hydrogen (secondary N) is 3. The van der Waals surface area contributed by atoms with Gasteiger partial charge in [-0.1, -0.05) is 39.0 Å². The second kappa shape index (κ2) is 13.0. The van der Waals surface area contributed by atoms with Crippen LogP contribution >= 0.6 is 0 Å². The van der Waals surface area contributed by atoms with Crippen molar-refractivity contribution in [1.29, 1.82) is 0 Å². The predicted molar refractivity (Wildman–Crippen MR) is 129 cm³/mol. The summed E-state index contributed by atoms with van der Waals surface area (Å²) in [7, 11) is 0. The molecule has 0 aromatic carbocycles. The van der Waals surface area contributed by atoms with Crippen LogP contribution in [0.2, 0.25) is 0 Å². The number of hydrogen-bond donors (Lipinski definition) is 3.